The smallest absolute Gasteiger partial charge is 0.335 e. The highest BCUT2D eigenvalue weighted by Gasteiger charge is 2.29. The van der Waals surface area contributed by atoms with Gasteiger partial charge in [0.25, 0.3) is 11.8 Å². The number of nitrogens with one attached hydrogen (secondary N) is 2. The van der Waals surface area contributed by atoms with E-state index in [1.54, 1.807) is 17.0 Å². The van der Waals surface area contributed by atoms with Crippen LogP contribution in [-0.4, -0.2) is 38.0 Å². The third-order valence-corrected chi connectivity index (χ3v) is 4.86. The van der Waals surface area contributed by atoms with Crippen LogP contribution in [0, 0.1) is 6.92 Å². The van der Waals surface area contributed by atoms with Crippen molar-refractivity contribution in [3.8, 4) is 0 Å². The zero-order valence-corrected chi connectivity index (χ0v) is 15.6. The zero-order valence-electron chi connectivity index (χ0n) is 15.6. The number of H-pyrrole nitrogens is 1. The molecule has 2 aromatic carbocycles. The Labute approximate surface area is 166 Å². The normalized spacial score (nSPS) is 12.5. The van der Waals surface area contributed by atoms with Crippen molar-refractivity contribution in [1.29, 1.82) is 0 Å². The van der Waals surface area contributed by atoms with E-state index in [1.165, 1.54) is 24.3 Å². The second-order valence-corrected chi connectivity index (χ2v) is 6.89. The summed E-state index contributed by atoms with van der Waals surface area (Å²) in [7, 11) is 0. The Morgan fingerprint density at radius 3 is 2.24 bits per heavy atom. The molecule has 0 saturated carbocycles. The molecule has 0 bridgehead atoms. The maximum absolute atomic E-state index is 12.7. The number of hydrogen-bond acceptors (Lipinski definition) is 4. The molecule has 1 aliphatic rings. The molecule has 1 aliphatic heterocycles. The van der Waals surface area contributed by atoms with Gasteiger partial charge in [0.2, 0.25) is 0 Å². The predicted molar refractivity (Wildman–Crippen MR) is 105 cm³/mol. The van der Waals surface area contributed by atoms with Gasteiger partial charge in [0.05, 0.1) is 24.3 Å². The average molecular weight is 390 g/mol. The maximum Gasteiger partial charge on any atom is 0.335 e. The van der Waals surface area contributed by atoms with Crippen molar-refractivity contribution >= 4 is 23.6 Å². The summed E-state index contributed by atoms with van der Waals surface area (Å²) in [6, 6.07) is 13.0. The quantitative estimate of drug-likeness (QED) is 0.634. The fourth-order valence-corrected chi connectivity index (χ4v) is 3.21. The van der Waals surface area contributed by atoms with Crippen molar-refractivity contribution < 1.29 is 19.5 Å². The average Bonchev–Trinajstić information content (AvgIpc) is 3.30. The number of aromatic nitrogens is 2. The standard InChI is InChI=1S/C21H18N4O4/c1-12-2-4-14(5-3-12)20(27)25-10-16-17(11-25)23-24-18(16)22-19(26)13-6-8-15(9-7-13)21(28)29/h2-9H,10-11H2,1H3,(H,28,29)(H2,22,23,24,26). The van der Waals surface area contributed by atoms with E-state index in [-0.39, 0.29) is 11.5 Å². The highest BCUT2D eigenvalue weighted by atomic mass is 16.4. The van der Waals surface area contributed by atoms with E-state index in [1.807, 2.05) is 19.1 Å². The fourth-order valence-electron chi connectivity index (χ4n) is 3.21. The van der Waals surface area contributed by atoms with Gasteiger partial charge in [-0.15, -0.1) is 0 Å². The molecule has 0 unspecified atom stereocenters. The first-order valence-corrected chi connectivity index (χ1v) is 8.99. The van der Waals surface area contributed by atoms with Gasteiger partial charge in [-0.2, -0.15) is 5.10 Å². The van der Waals surface area contributed by atoms with Crippen LogP contribution in [0.25, 0.3) is 0 Å². The molecule has 29 heavy (non-hydrogen) atoms. The summed E-state index contributed by atoms with van der Waals surface area (Å²) in [5, 5.41) is 18.7. The van der Waals surface area contributed by atoms with Crippen LogP contribution in [0.15, 0.2) is 48.5 Å². The molecule has 8 heteroatoms. The van der Waals surface area contributed by atoms with E-state index >= 15 is 0 Å². The molecule has 146 valence electrons. The number of carbonyl (C=O) groups is 3. The lowest BCUT2D eigenvalue weighted by Gasteiger charge is -2.16. The van der Waals surface area contributed by atoms with Crippen molar-refractivity contribution in [1.82, 2.24) is 15.1 Å². The van der Waals surface area contributed by atoms with E-state index in [4.69, 9.17) is 5.11 Å². The number of aryl methyl sites for hydroxylation is 1. The Kier molecular flexibility index (Phi) is 4.59. The van der Waals surface area contributed by atoms with E-state index in [0.717, 1.165) is 16.8 Å². The largest absolute Gasteiger partial charge is 0.478 e. The Balaban J connectivity index is 1.47. The summed E-state index contributed by atoms with van der Waals surface area (Å²) >= 11 is 0. The van der Waals surface area contributed by atoms with Crippen LogP contribution in [0.5, 0.6) is 0 Å². The van der Waals surface area contributed by atoms with Crippen molar-refractivity contribution in [3.63, 3.8) is 0 Å². The van der Waals surface area contributed by atoms with Gasteiger partial charge in [-0.1, -0.05) is 17.7 Å². The summed E-state index contributed by atoms with van der Waals surface area (Å²) in [5.74, 6) is -1.18. The first-order chi connectivity index (χ1) is 13.9. The second-order valence-electron chi connectivity index (χ2n) is 6.89. The summed E-state index contributed by atoms with van der Waals surface area (Å²) in [6.07, 6.45) is 0. The molecule has 0 spiro atoms. The van der Waals surface area contributed by atoms with Crippen LogP contribution in [0.3, 0.4) is 0 Å². The minimum Gasteiger partial charge on any atom is -0.478 e. The van der Waals surface area contributed by atoms with Gasteiger partial charge in [-0.25, -0.2) is 4.79 Å². The Morgan fingerprint density at radius 2 is 1.59 bits per heavy atom. The van der Waals surface area contributed by atoms with Crippen LogP contribution in [0.2, 0.25) is 0 Å². The number of aromatic amines is 1. The van der Waals surface area contributed by atoms with E-state index in [2.05, 4.69) is 15.5 Å². The third-order valence-electron chi connectivity index (χ3n) is 4.86. The van der Waals surface area contributed by atoms with Crippen molar-refractivity contribution in [2.75, 3.05) is 5.32 Å². The van der Waals surface area contributed by atoms with Gasteiger partial charge >= 0.3 is 5.97 Å². The van der Waals surface area contributed by atoms with Crippen LogP contribution in [-0.2, 0) is 13.1 Å². The number of carbonyl (C=O) groups excluding carboxylic acids is 2. The van der Waals surface area contributed by atoms with Crippen LogP contribution < -0.4 is 5.32 Å². The van der Waals surface area contributed by atoms with Crippen LogP contribution in [0.1, 0.15) is 47.9 Å². The molecule has 2 amide bonds. The number of rotatable bonds is 4. The SMILES string of the molecule is Cc1ccc(C(=O)N2Cc3[nH]nc(NC(=O)c4ccc(C(=O)O)cc4)c3C2)cc1. The second kappa shape index (κ2) is 7.23. The maximum atomic E-state index is 12.7. The summed E-state index contributed by atoms with van der Waals surface area (Å²) < 4.78 is 0. The van der Waals surface area contributed by atoms with Gasteiger partial charge in [0.15, 0.2) is 5.82 Å². The van der Waals surface area contributed by atoms with Crippen molar-refractivity contribution in [2.24, 2.45) is 0 Å². The number of nitrogens with zero attached hydrogens (tertiary/aromatic N) is 2. The number of hydrogen-bond donors (Lipinski definition) is 3. The summed E-state index contributed by atoms with van der Waals surface area (Å²) in [6.45, 7) is 2.69. The first-order valence-electron chi connectivity index (χ1n) is 8.99. The van der Waals surface area contributed by atoms with E-state index in [0.29, 0.717) is 30.0 Å². The molecule has 2 heterocycles. The number of aromatic carboxylic acids is 1. The molecule has 8 nitrogen and oxygen atoms in total. The highest BCUT2D eigenvalue weighted by molar-refractivity contribution is 6.04. The van der Waals surface area contributed by atoms with Crippen molar-refractivity contribution in [2.45, 2.75) is 20.0 Å². The lowest BCUT2D eigenvalue weighted by molar-refractivity contribution is 0.0695. The van der Waals surface area contributed by atoms with Gasteiger partial charge in [0, 0.05) is 16.7 Å². The molecule has 1 aromatic heterocycles. The van der Waals surface area contributed by atoms with Crippen LogP contribution in [0.4, 0.5) is 5.82 Å². The molecule has 3 N–H and O–H groups in total. The number of carboxylic acid groups (broad SMARTS) is 1. The number of carboxylic acids is 1. The molecule has 0 aliphatic carbocycles. The lowest BCUT2D eigenvalue weighted by atomic mass is 10.1. The molecule has 0 atom stereocenters. The minimum absolute atomic E-state index is 0.0869. The van der Waals surface area contributed by atoms with Gasteiger partial charge in [0.1, 0.15) is 0 Å². The van der Waals surface area contributed by atoms with Crippen LogP contribution >= 0.6 is 0 Å². The van der Waals surface area contributed by atoms with Gasteiger partial charge < -0.3 is 15.3 Å². The molecule has 0 radical (unpaired) electrons. The lowest BCUT2D eigenvalue weighted by Crippen LogP contribution is -2.26. The minimum atomic E-state index is -1.06. The van der Waals surface area contributed by atoms with Gasteiger partial charge in [-0.05, 0) is 43.3 Å². The van der Waals surface area contributed by atoms with E-state index in [9.17, 15) is 14.4 Å². The number of anilines is 1. The molecular formula is C21H18N4O4. The molecular weight excluding hydrogens is 372 g/mol. The number of benzene rings is 2. The molecule has 3 aromatic rings. The Morgan fingerprint density at radius 1 is 0.966 bits per heavy atom. The summed E-state index contributed by atoms with van der Waals surface area (Å²) in [4.78, 5) is 37.8. The molecule has 0 saturated heterocycles. The molecule has 4 rings (SSSR count). The Hall–Kier alpha value is -3.94. The first kappa shape index (κ1) is 18.4. The summed E-state index contributed by atoms with van der Waals surface area (Å²) in [5.41, 5.74) is 3.66. The monoisotopic (exact) mass is 390 g/mol. The number of fused-ring (bicyclic) bond motifs is 1. The highest BCUT2D eigenvalue weighted by Crippen LogP contribution is 2.28. The molecule has 0 fully saturated rings. The fraction of sp³-hybridized carbons (Fsp3) is 0.143. The topological polar surface area (TPSA) is 115 Å². The predicted octanol–water partition coefficient (Wildman–Crippen LogP) is 2.82. The Bertz CT molecular complexity index is 1100. The van der Waals surface area contributed by atoms with Crippen molar-refractivity contribution in [3.05, 3.63) is 82.0 Å². The number of amides is 2. The zero-order chi connectivity index (χ0) is 20.5. The van der Waals surface area contributed by atoms with Gasteiger partial charge in [-0.3, -0.25) is 14.7 Å². The third kappa shape index (κ3) is 3.60. The van der Waals surface area contributed by atoms with E-state index < -0.39 is 11.9 Å².